The molecule has 2 aliphatic rings. The van der Waals surface area contributed by atoms with Crippen LogP contribution >= 0.6 is 0 Å². The standard InChI is InChI=1S/C23H30N4O/c1-2-27-17-23(15-20(22(27)28)18-7-4-3-5-8-18)10-13-26(14-11-23)16-19-9-6-12-25-21(19)24/h3-9,12,20H,2,10-11,13-17H2,1H3,(H2,24,25)/t20-/m0/s1. The Labute approximate surface area is 167 Å². The highest BCUT2D eigenvalue weighted by Crippen LogP contribution is 2.45. The van der Waals surface area contributed by atoms with Crippen molar-refractivity contribution in [2.75, 3.05) is 31.9 Å². The molecule has 0 saturated carbocycles. The van der Waals surface area contributed by atoms with E-state index in [0.29, 0.717) is 11.7 Å². The summed E-state index contributed by atoms with van der Waals surface area (Å²) in [5.41, 5.74) is 8.52. The van der Waals surface area contributed by atoms with Crippen LogP contribution < -0.4 is 5.73 Å². The van der Waals surface area contributed by atoms with Gasteiger partial charge in [-0.1, -0.05) is 36.4 Å². The lowest BCUT2D eigenvalue weighted by atomic mass is 9.67. The van der Waals surface area contributed by atoms with E-state index in [-0.39, 0.29) is 11.3 Å². The normalized spacial score (nSPS) is 22.5. The molecule has 28 heavy (non-hydrogen) atoms. The minimum atomic E-state index is -0.00424. The van der Waals surface area contributed by atoms with Gasteiger partial charge in [-0.3, -0.25) is 9.69 Å². The maximum absolute atomic E-state index is 13.0. The molecule has 1 spiro atoms. The first-order chi connectivity index (χ1) is 13.6. The quantitative estimate of drug-likeness (QED) is 0.887. The van der Waals surface area contributed by atoms with Gasteiger partial charge in [0.05, 0.1) is 5.92 Å². The van der Waals surface area contributed by atoms with Crippen LogP contribution in [0.25, 0.3) is 0 Å². The number of anilines is 1. The molecule has 2 aliphatic heterocycles. The number of hydrogen-bond acceptors (Lipinski definition) is 4. The zero-order valence-corrected chi connectivity index (χ0v) is 16.7. The molecule has 1 aromatic heterocycles. The van der Waals surface area contributed by atoms with Crippen LogP contribution in [0, 0.1) is 5.41 Å². The fraction of sp³-hybridized carbons (Fsp3) is 0.478. The summed E-state index contributed by atoms with van der Waals surface area (Å²) in [6, 6.07) is 14.3. The van der Waals surface area contributed by atoms with Crippen LogP contribution in [0.2, 0.25) is 0 Å². The summed E-state index contributed by atoms with van der Waals surface area (Å²) in [6.07, 6.45) is 4.96. The van der Waals surface area contributed by atoms with E-state index in [1.807, 2.05) is 24.3 Å². The molecule has 0 unspecified atom stereocenters. The fourth-order valence-electron chi connectivity index (χ4n) is 4.87. The molecule has 2 saturated heterocycles. The smallest absolute Gasteiger partial charge is 0.230 e. The van der Waals surface area contributed by atoms with E-state index in [0.717, 1.165) is 63.1 Å². The van der Waals surface area contributed by atoms with Crippen molar-refractivity contribution in [2.45, 2.75) is 38.6 Å². The molecule has 2 N–H and O–H groups in total. The highest BCUT2D eigenvalue weighted by molar-refractivity contribution is 5.84. The van der Waals surface area contributed by atoms with E-state index >= 15 is 0 Å². The van der Waals surface area contributed by atoms with Gasteiger partial charge in [0.15, 0.2) is 0 Å². The van der Waals surface area contributed by atoms with Crippen molar-refractivity contribution in [1.29, 1.82) is 0 Å². The molecule has 1 amide bonds. The minimum absolute atomic E-state index is 0.00424. The average Bonchev–Trinajstić information content (AvgIpc) is 2.74. The number of pyridine rings is 1. The summed E-state index contributed by atoms with van der Waals surface area (Å²) < 4.78 is 0. The molecular formula is C23H30N4O. The van der Waals surface area contributed by atoms with Crippen molar-refractivity contribution in [3.05, 3.63) is 59.8 Å². The Kier molecular flexibility index (Phi) is 5.36. The van der Waals surface area contributed by atoms with Gasteiger partial charge in [-0.25, -0.2) is 4.98 Å². The minimum Gasteiger partial charge on any atom is -0.383 e. The Morgan fingerprint density at radius 3 is 2.57 bits per heavy atom. The van der Waals surface area contributed by atoms with E-state index < -0.39 is 0 Å². The number of rotatable bonds is 4. The van der Waals surface area contributed by atoms with Crippen molar-refractivity contribution in [3.63, 3.8) is 0 Å². The first-order valence-electron chi connectivity index (χ1n) is 10.4. The van der Waals surface area contributed by atoms with E-state index in [9.17, 15) is 4.79 Å². The summed E-state index contributed by atoms with van der Waals surface area (Å²) in [4.78, 5) is 21.8. The lowest BCUT2D eigenvalue weighted by Crippen LogP contribution is -2.53. The van der Waals surface area contributed by atoms with Gasteiger partial charge < -0.3 is 10.6 Å². The number of amides is 1. The molecule has 4 rings (SSSR count). The summed E-state index contributed by atoms with van der Waals surface area (Å²) in [6.45, 7) is 6.73. The van der Waals surface area contributed by atoms with Crippen LogP contribution in [0.1, 0.15) is 43.2 Å². The highest BCUT2D eigenvalue weighted by atomic mass is 16.2. The third-order valence-electron chi connectivity index (χ3n) is 6.59. The van der Waals surface area contributed by atoms with Gasteiger partial charge in [0.2, 0.25) is 5.91 Å². The second-order valence-electron chi connectivity index (χ2n) is 8.34. The lowest BCUT2D eigenvalue weighted by Gasteiger charge is -2.50. The summed E-state index contributed by atoms with van der Waals surface area (Å²) in [5.74, 6) is 0.924. The molecule has 1 aromatic carbocycles. The Bertz CT molecular complexity index is 814. The predicted molar refractivity (Wildman–Crippen MR) is 112 cm³/mol. The Morgan fingerprint density at radius 1 is 1.14 bits per heavy atom. The second-order valence-corrected chi connectivity index (χ2v) is 8.34. The van der Waals surface area contributed by atoms with Crippen molar-refractivity contribution in [3.8, 4) is 0 Å². The molecule has 0 radical (unpaired) electrons. The monoisotopic (exact) mass is 378 g/mol. The summed E-state index contributed by atoms with van der Waals surface area (Å²) in [5, 5.41) is 0. The van der Waals surface area contributed by atoms with Gasteiger partial charge in [-0.15, -0.1) is 0 Å². The van der Waals surface area contributed by atoms with E-state index in [2.05, 4.69) is 39.9 Å². The maximum atomic E-state index is 13.0. The number of benzene rings is 1. The maximum Gasteiger partial charge on any atom is 0.230 e. The molecule has 0 aliphatic carbocycles. The number of nitrogen functional groups attached to an aromatic ring is 1. The van der Waals surface area contributed by atoms with Crippen molar-refractivity contribution in [1.82, 2.24) is 14.8 Å². The molecule has 1 atom stereocenters. The van der Waals surface area contributed by atoms with Crippen LogP contribution in [0.15, 0.2) is 48.7 Å². The number of nitrogens with two attached hydrogens (primary N) is 1. The van der Waals surface area contributed by atoms with Crippen LogP contribution in [0.3, 0.4) is 0 Å². The summed E-state index contributed by atoms with van der Waals surface area (Å²) in [7, 11) is 0. The molecule has 5 heteroatoms. The average molecular weight is 379 g/mol. The molecular weight excluding hydrogens is 348 g/mol. The Balaban J connectivity index is 1.47. The van der Waals surface area contributed by atoms with Crippen molar-refractivity contribution < 1.29 is 4.79 Å². The van der Waals surface area contributed by atoms with Gasteiger partial charge in [0.1, 0.15) is 5.82 Å². The topological polar surface area (TPSA) is 62.5 Å². The number of likely N-dealkylation sites (tertiary alicyclic amines) is 2. The van der Waals surface area contributed by atoms with Crippen molar-refractivity contribution >= 4 is 11.7 Å². The first kappa shape index (κ1) is 18.9. The number of aromatic nitrogens is 1. The van der Waals surface area contributed by atoms with Crippen LogP contribution in [0.4, 0.5) is 5.82 Å². The van der Waals surface area contributed by atoms with Gasteiger partial charge >= 0.3 is 0 Å². The number of carbonyl (C=O) groups excluding carboxylic acids is 1. The molecule has 0 bridgehead atoms. The third kappa shape index (κ3) is 3.76. The number of likely N-dealkylation sites (N-methyl/N-ethyl adjacent to an activating group) is 1. The van der Waals surface area contributed by atoms with Crippen LogP contribution in [-0.4, -0.2) is 46.9 Å². The Morgan fingerprint density at radius 2 is 1.89 bits per heavy atom. The molecule has 2 aromatic rings. The number of nitrogens with zero attached hydrogens (tertiary/aromatic N) is 3. The summed E-state index contributed by atoms with van der Waals surface area (Å²) >= 11 is 0. The third-order valence-corrected chi connectivity index (χ3v) is 6.59. The molecule has 5 nitrogen and oxygen atoms in total. The van der Waals surface area contributed by atoms with Gasteiger partial charge in [0.25, 0.3) is 0 Å². The van der Waals surface area contributed by atoms with Crippen LogP contribution in [0.5, 0.6) is 0 Å². The SMILES string of the molecule is CCN1CC2(CCN(Cc3cccnc3N)CC2)C[C@@H](c2ccccc2)C1=O. The Hall–Kier alpha value is -2.40. The van der Waals surface area contributed by atoms with Gasteiger partial charge in [-0.05, 0) is 56.3 Å². The zero-order valence-electron chi connectivity index (χ0n) is 16.7. The van der Waals surface area contributed by atoms with Crippen LogP contribution in [-0.2, 0) is 11.3 Å². The lowest BCUT2D eigenvalue weighted by molar-refractivity contribution is -0.141. The number of carbonyl (C=O) groups is 1. The van der Waals surface area contributed by atoms with E-state index in [1.54, 1.807) is 6.20 Å². The van der Waals surface area contributed by atoms with Gasteiger partial charge in [-0.2, -0.15) is 0 Å². The molecule has 148 valence electrons. The highest BCUT2D eigenvalue weighted by Gasteiger charge is 2.45. The van der Waals surface area contributed by atoms with E-state index in [4.69, 9.17) is 5.73 Å². The number of piperidine rings is 2. The number of hydrogen-bond donors (Lipinski definition) is 1. The zero-order chi connectivity index (χ0) is 19.6. The first-order valence-corrected chi connectivity index (χ1v) is 10.4. The fourth-order valence-corrected chi connectivity index (χ4v) is 4.87. The predicted octanol–water partition coefficient (Wildman–Crippen LogP) is 3.28. The van der Waals surface area contributed by atoms with Crippen molar-refractivity contribution in [2.24, 2.45) is 5.41 Å². The second kappa shape index (κ2) is 7.92. The molecule has 2 fully saturated rings. The van der Waals surface area contributed by atoms with Gasteiger partial charge in [0, 0.05) is 31.4 Å². The largest absolute Gasteiger partial charge is 0.383 e. The van der Waals surface area contributed by atoms with E-state index in [1.165, 1.54) is 0 Å². The molecule has 3 heterocycles.